The number of carbonyl (C=O) groups excluding carboxylic acids is 1. The number of amides is 1. The summed E-state index contributed by atoms with van der Waals surface area (Å²) in [6, 6.07) is 11.7. The highest BCUT2D eigenvalue weighted by molar-refractivity contribution is 7.99. The third-order valence-electron chi connectivity index (χ3n) is 5.60. The van der Waals surface area contributed by atoms with Crippen molar-refractivity contribution in [3.05, 3.63) is 71.2 Å². The number of thioether (sulfide) groups is 1. The molecule has 1 unspecified atom stereocenters. The Morgan fingerprint density at radius 2 is 2.18 bits per heavy atom. The Morgan fingerprint density at radius 1 is 1.27 bits per heavy atom. The van der Waals surface area contributed by atoms with Crippen molar-refractivity contribution in [3.8, 4) is 11.4 Å². The monoisotopic (exact) mass is 460 g/mol. The number of H-pyrrole nitrogens is 1. The van der Waals surface area contributed by atoms with Gasteiger partial charge in [-0.2, -0.15) is 15.2 Å². The lowest BCUT2D eigenvalue weighted by atomic mass is 9.96. The van der Waals surface area contributed by atoms with E-state index in [4.69, 9.17) is 5.10 Å². The van der Waals surface area contributed by atoms with Crippen molar-refractivity contribution < 1.29 is 4.79 Å². The number of carbonyl (C=O) groups is 1. The minimum absolute atomic E-state index is 0.0682. The Balaban J connectivity index is 1.55. The number of fused-ring (bicyclic) bond motifs is 1. The normalized spacial score (nSPS) is 15.4. The lowest BCUT2D eigenvalue weighted by molar-refractivity contribution is 0.102. The van der Waals surface area contributed by atoms with Crippen LogP contribution in [0.1, 0.15) is 39.2 Å². The third-order valence-corrected chi connectivity index (χ3v) is 6.86. The maximum atomic E-state index is 12.7. The first-order valence-corrected chi connectivity index (χ1v) is 11.9. The zero-order chi connectivity index (χ0) is 22.8. The number of aromatic amines is 1. The molecule has 0 saturated carbocycles. The maximum absolute atomic E-state index is 12.7. The van der Waals surface area contributed by atoms with Gasteiger partial charge in [0.25, 0.3) is 5.91 Å². The van der Waals surface area contributed by atoms with E-state index in [0.717, 1.165) is 52.7 Å². The molecule has 9 nitrogen and oxygen atoms in total. The summed E-state index contributed by atoms with van der Waals surface area (Å²) in [4.78, 5) is 21.2. The smallest absolute Gasteiger partial charge is 0.258 e. The quantitative estimate of drug-likeness (QED) is 0.414. The van der Waals surface area contributed by atoms with Crippen LogP contribution in [0, 0.1) is 6.92 Å². The Hall–Kier alpha value is -3.66. The summed E-state index contributed by atoms with van der Waals surface area (Å²) in [7, 11) is 0. The first-order valence-electron chi connectivity index (χ1n) is 10.8. The molecule has 0 saturated heterocycles. The van der Waals surface area contributed by atoms with E-state index in [1.807, 2.05) is 59.8 Å². The van der Waals surface area contributed by atoms with E-state index >= 15 is 0 Å². The SMILES string of the molecule is CCn1nc(-c2ccccn2)c2c1NCCSC2c1ccc(C(=O)Nc2ncn[nH]2)cc1C. The Kier molecular flexibility index (Phi) is 5.82. The second-order valence-electron chi connectivity index (χ2n) is 7.68. The van der Waals surface area contributed by atoms with Crippen LogP contribution in [0.5, 0.6) is 0 Å². The van der Waals surface area contributed by atoms with Crippen molar-refractivity contribution in [1.82, 2.24) is 29.9 Å². The summed E-state index contributed by atoms with van der Waals surface area (Å²) in [5, 5.41) is 17.7. The van der Waals surface area contributed by atoms with Gasteiger partial charge in [0.15, 0.2) is 0 Å². The number of nitrogens with zero attached hydrogens (tertiary/aromatic N) is 5. The summed E-state index contributed by atoms with van der Waals surface area (Å²) in [5.74, 6) is 2.09. The molecular weight excluding hydrogens is 436 g/mol. The fraction of sp³-hybridized carbons (Fsp3) is 0.261. The van der Waals surface area contributed by atoms with E-state index in [1.165, 1.54) is 6.33 Å². The van der Waals surface area contributed by atoms with Crippen LogP contribution in [0.3, 0.4) is 0 Å². The van der Waals surface area contributed by atoms with E-state index in [2.05, 4.69) is 37.7 Å². The average molecular weight is 461 g/mol. The molecule has 1 atom stereocenters. The molecule has 0 aliphatic carbocycles. The van der Waals surface area contributed by atoms with Gasteiger partial charge < -0.3 is 5.32 Å². The van der Waals surface area contributed by atoms with Gasteiger partial charge in [-0.3, -0.25) is 15.1 Å². The van der Waals surface area contributed by atoms with Crippen LogP contribution in [0.4, 0.5) is 11.8 Å². The molecule has 0 radical (unpaired) electrons. The van der Waals surface area contributed by atoms with Crippen molar-refractivity contribution in [2.45, 2.75) is 25.6 Å². The molecule has 1 aromatic carbocycles. The van der Waals surface area contributed by atoms with Gasteiger partial charge in [-0.25, -0.2) is 9.78 Å². The van der Waals surface area contributed by atoms with Crippen molar-refractivity contribution in [3.63, 3.8) is 0 Å². The van der Waals surface area contributed by atoms with Crippen molar-refractivity contribution >= 4 is 29.4 Å². The van der Waals surface area contributed by atoms with Crippen molar-refractivity contribution in [2.75, 3.05) is 22.9 Å². The Morgan fingerprint density at radius 3 is 2.91 bits per heavy atom. The second-order valence-corrected chi connectivity index (χ2v) is 8.89. The highest BCUT2D eigenvalue weighted by atomic mass is 32.2. The number of nitrogens with one attached hydrogen (secondary N) is 3. The molecule has 168 valence electrons. The maximum Gasteiger partial charge on any atom is 0.258 e. The van der Waals surface area contributed by atoms with Crippen molar-refractivity contribution in [2.24, 2.45) is 0 Å². The largest absolute Gasteiger partial charge is 0.369 e. The van der Waals surface area contributed by atoms with Crippen LogP contribution >= 0.6 is 11.8 Å². The molecule has 1 aliphatic heterocycles. The van der Waals surface area contributed by atoms with Crippen molar-refractivity contribution in [1.29, 1.82) is 0 Å². The molecule has 0 bridgehead atoms. The average Bonchev–Trinajstić information content (AvgIpc) is 3.42. The van der Waals surface area contributed by atoms with Crippen LogP contribution in [0.15, 0.2) is 48.9 Å². The van der Waals surface area contributed by atoms with Crippen LogP contribution in [-0.4, -0.2) is 48.2 Å². The topological polar surface area (TPSA) is 113 Å². The molecule has 4 heterocycles. The number of rotatable bonds is 5. The molecule has 10 heteroatoms. The molecule has 3 aromatic heterocycles. The van der Waals surface area contributed by atoms with E-state index in [1.54, 1.807) is 6.20 Å². The number of hydrogen-bond acceptors (Lipinski definition) is 7. The lowest BCUT2D eigenvalue weighted by Crippen LogP contribution is -2.14. The summed E-state index contributed by atoms with van der Waals surface area (Å²) in [6.07, 6.45) is 3.15. The zero-order valence-corrected chi connectivity index (χ0v) is 19.2. The van der Waals surface area contributed by atoms with E-state index < -0.39 is 0 Å². The van der Waals surface area contributed by atoms with Gasteiger partial charge in [-0.15, -0.1) is 11.8 Å². The Labute approximate surface area is 195 Å². The molecule has 5 rings (SSSR count). The van der Waals surface area contributed by atoms with Crippen LogP contribution in [0.2, 0.25) is 0 Å². The standard InChI is InChI=1S/C23H24N8OS/c1-3-31-21-18(19(30-31)17-6-4-5-9-24-17)20(33-11-10-25-21)16-8-7-15(12-14(16)2)22(32)28-23-26-13-27-29-23/h4-9,12-13,20,25H,3,10-11H2,1-2H3,(H2,26,27,28,29,32). The highest BCUT2D eigenvalue weighted by Crippen LogP contribution is 2.46. The fourth-order valence-corrected chi connectivity index (χ4v) is 5.35. The number of hydrogen-bond donors (Lipinski definition) is 3. The van der Waals surface area contributed by atoms with E-state index in [9.17, 15) is 4.79 Å². The number of benzene rings is 1. The zero-order valence-electron chi connectivity index (χ0n) is 18.4. The predicted molar refractivity (Wildman–Crippen MR) is 129 cm³/mol. The number of anilines is 2. The third kappa shape index (κ3) is 4.09. The van der Waals surface area contributed by atoms with E-state index in [0.29, 0.717) is 11.5 Å². The minimum Gasteiger partial charge on any atom is -0.369 e. The molecule has 3 N–H and O–H groups in total. The van der Waals surface area contributed by atoms with E-state index in [-0.39, 0.29) is 11.2 Å². The fourth-order valence-electron chi connectivity index (χ4n) is 4.06. The minimum atomic E-state index is -0.231. The first-order chi connectivity index (χ1) is 16.2. The number of pyridine rings is 1. The Bertz CT molecular complexity index is 1270. The summed E-state index contributed by atoms with van der Waals surface area (Å²) < 4.78 is 2.02. The molecule has 1 amide bonds. The van der Waals surface area contributed by atoms with Crippen LogP contribution in [0.25, 0.3) is 11.4 Å². The molecule has 1 aliphatic rings. The number of aromatic nitrogens is 6. The molecule has 33 heavy (non-hydrogen) atoms. The van der Waals surface area contributed by atoms with Crippen LogP contribution in [-0.2, 0) is 6.54 Å². The highest BCUT2D eigenvalue weighted by Gasteiger charge is 2.31. The van der Waals surface area contributed by atoms with Gasteiger partial charge in [0.05, 0.1) is 10.9 Å². The molecule has 0 spiro atoms. The first kappa shape index (κ1) is 21.2. The molecular formula is C23H24N8OS. The van der Waals surface area contributed by atoms with Gasteiger partial charge in [0, 0.05) is 36.2 Å². The van der Waals surface area contributed by atoms with Gasteiger partial charge in [-0.05, 0) is 49.2 Å². The summed E-state index contributed by atoms with van der Waals surface area (Å²) >= 11 is 1.88. The predicted octanol–water partition coefficient (Wildman–Crippen LogP) is 3.89. The van der Waals surface area contributed by atoms with Gasteiger partial charge >= 0.3 is 0 Å². The van der Waals surface area contributed by atoms with Gasteiger partial charge in [0.2, 0.25) is 5.95 Å². The number of aryl methyl sites for hydroxylation is 2. The molecule has 0 fully saturated rings. The molecule has 4 aromatic rings. The van der Waals surface area contributed by atoms with Crippen LogP contribution < -0.4 is 10.6 Å². The summed E-state index contributed by atoms with van der Waals surface area (Å²) in [6.45, 7) is 5.76. The second kappa shape index (κ2) is 9.07. The van der Waals surface area contributed by atoms with Gasteiger partial charge in [0.1, 0.15) is 17.8 Å². The lowest BCUT2D eigenvalue weighted by Gasteiger charge is -2.19. The summed E-state index contributed by atoms with van der Waals surface area (Å²) in [5.41, 5.74) is 5.66. The van der Waals surface area contributed by atoms with Gasteiger partial charge in [-0.1, -0.05) is 12.1 Å².